The molecule has 7 nitrogen and oxygen atoms in total. The molecule has 0 aliphatic carbocycles. The van der Waals surface area contributed by atoms with Crippen molar-refractivity contribution in [1.29, 1.82) is 0 Å². The second-order valence-electron chi connectivity index (χ2n) is 6.23. The van der Waals surface area contributed by atoms with Gasteiger partial charge in [0.2, 0.25) is 15.9 Å². The van der Waals surface area contributed by atoms with Crippen LogP contribution in [0.5, 0.6) is 0 Å². The monoisotopic (exact) mass is 450 g/mol. The second kappa shape index (κ2) is 9.00. The third-order valence-corrected chi connectivity index (χ3v) is 6.85. The minimum atomic E-state index is -3.84. The average Bonchev–Trinajstić information content (AvgIpc) is 3.08. The van der Waals surface area contributed by atoms with Crippen LogP contribution in [-0.4, -0.2) is 29.9 Å². The molecule has 0 radical (unpaired) electrons. The van der Waals surface area contributed by atoms with Crippen molar-refractivity contribution in [1.82, 2.24) is 14.3 Å². The molecule has 10 heteroatoms. The molecule has 2 N–H and O–H groups in total. The molecule has 0 aliphatic rings. The number of anilines is 1. The van der Waals surface area contributed by atoms with Crippen molar-refractivity contribution in [2.45, 2.75) is 27.9 Å². The van der Waals surface area contributed by atoms with Crippen molar-refractivity contribution < 1.29 is 13.2 Å². The first-order valence-electron chi connectivity index (χ1n) is 8.58. The third kappa shape index (κ3) is 5.60. The first-order chi connectivity index (χ1) is 13.7. The Kier molecular flexibility index (Phi) is 6.63. The van der Waals surface area contributed by atoms with Gasteiger partial charge in [-0.15, -0.1) is 0 Å². The van der Waals surface area contributed by atoms with E-state index in [0.717, 1.165) is 10.1 Å². The van der Waals surface area contributed by atoms with E-state index in [1.807, 2.05) is 29.9 Å². The number of rotatable bonds is 7. The summed E-state index contributed by atoms with van der Waals surface area (Å²) in [5, 5.41) is 3.99. The normalized spacial score (nSPS) is 12.5. The lowest BCUT2D eigenvalue weighted by Crippen LogP contribution is -2.41. The SMILES string of the molecule is C[C@H](NS(=O)(=O)c1ccc(Cl)cc1)C(=O)Nc1ccc(Sc2nccn2C)cc1. The Morgan fingerprint density at radius 1 is 1.14 bits per heavy atom. The lowest BCUT2D eigenvalue weighted by atomic mass is 10.3. The molecule has 1 amide bonds. The van der Waals surface area contributed by atoms with Crippen LogP contribution in [0.4, 0.5) is 5.69 Å². The Morgan fingerprint density at radius 2 is 1.79 bits per heavy atom. The highest BCUT2D eigenvalue weighted by molar-refractivity contribution is 7.99. The number of carbonyl (C=O) groups is 1. The smallest absolute Gasteiger partial charge is 0.242 e. The lowest BCUT2D eigenvalue weighted by molar-refractivity contribution is -0.117. The number of carbonyl (C=O) groups excluding carboxylic acids is 1. The molecule has 0 unspecified atom stereocenters. The van der Waals surface area contributed by atoms with Gasteiger partial charge in [-0.1, -0.05) is 23.4 Å². The molecule has 0 aliphatic heterocycles. The number of hydrogen-bond acceptors (Lipinski definition) is 5. The molecule has 1 heterocycles. The van der Waals surface area contributed by atoms with Crippen LogP contribution in [0.25, 0.3) is 0 Å². The van der Waals surface area contributed by atoms with E-state index in [0.29, 0.717) is 10.7 Å². The Bertz CT molecular complexity index is 1100. The predicted molar refractivity (Wildman–Crippen MR) is 114 cm³/mol. The number of aromatic nitrogens is 2. The predicted octanol–water partition coefficient (Wildman–Crippen LogP) is 3.53. The van der Waals surface area contributed by atoms with Crippen LogP contribution in [0.1, 0.15) is 6.92 Å². The average molecular weight is 451 g/mol. The maximum Gasteiger partial charge on any atom is 0.242 e. The molecule has 0 saturated heterocycles. The summed E-state index contributed by atoms with van der Waals surface area (Å²) in [7, 11) is -1.92. The zero-order valence-corrected chi connectivity index (χ0v) is 18.1. The fourth-order valence-electron chi connectivity index (χ4n) is 2.38. The van der Waals surface area contributed by atoms with Gasteiger partial charge >= 0.3 is 0 Å². The van der Waals surface area contributed by atoms with Gasteiger partial charge in [0.25, 0.3) is 0 Å². The van der Waals surface area contributed by atoms with Gasteiger partial charge in [-0.05, 0) is 55.5 Å². The van der Waals surface area contributed by atoms with Crippen molar-refractivity contribution in [3.05, 3.63) is 65.9 Å². The van der Waals surface area contributed by atoms with Gasteiger partial charge in [-0.2, -0.15) is 4.72 Å². The molecule has 1 aromatic heterocycles. The number of halogens is 1. The Labute approximate surface area is 178 Å². The van der Waals surface area contributed by atoms with Crippen molar-refractivity contribution in [3.63, 3.8) is 0 Å². The summed E-state index contributed by atoms with van der Waals surface area (Å²) in [6, 6.07) is 12.0. The number of amides is 1. The zero-order valence-electron chi connectivity index (χ0n) is 15.7. The van der Waals surface area contributed by atoms with Crippen LogP contribution in [0.15, 0.2) is 75.9 Å². The van der Waals surface area contributed by atoms with Crippen LogP contribution in [0.3, 0.4) is 0 Å². The van der Waals surface area contributed by atoms with Crippen molar-refractivity contribution in [3.8, 4) is 0 Å². The number of aryl methyl sites for hydroxylation is 1. The topological polar surface area (TPSA) is 93.1 Å². The van der Waals surface area contributed by atoms with Crippen LogP contribution < -0.4 is 10.0 Å². The van der Waals surface area contributed by atoms with E-state index in [1.165, 1.54) is 43.0 Å². The van der Waals surface area contributed by atoms with Crippen molar-refractivity contribution >= 4 is 45.0 Å². The van der Waals surface area contributed by atoms with E-state index < -0.39 is 22.0 Å². The summed E-state index contributed by atoms with van der Waals surface area (Å²) in [6.45, 7) is 1.48. The van der Waals surface area contributed by atoms with E-state index in [-0.39, 0.29) is 4.90 Å². The molecule has 152 valence electrons. The second-order valence-corrected chi connectivity index (χ2v) is 9.42. The van der Waals surface area contributed by atoms with Gasteiger partial charge in [0, 0.05) is 35.0 Å². The molecular weight excluding hydrogens is 432 g/mol. The van der Waals surface area contributed by atoms with E-state index in [4.69, 9.17) is 11.6 Å². The Balaban J connectivity index is 1.60. The van der Waals surface area contributed by atoms with E-state index >= 15 is 0 Å². The molecule has 1 atom stereocenters. The maximum atomic E-state index is 12.4. The standard InChI is InChI=1S/C19H19ClN4O3S2/c1-13(23-29(26,27)17-9-3-14(20)4-10-17)18(25)22-15-5-7-16(8-6-15)28-19-21-11-12-24(19)2/h3-13,23H,1-2H3,(H,22,25)/t13-/m0/s1. The molecule has 2 aromatic carbocycles. The van der Waals surface area contributed by atoms with Gasteiger partial charge in [0.15, 0.2) is 5.16 Å². The zero-order chi connectivity index (χ0) is 21.0. The van der Waals surface area contributed by atoms with Crippen LogP contribution in [-0.2, 0) is 21.9 Å². The number of sulfonamides is 1. The fourth-order valence-corrected chi connectivity index (χ4v) is 4.51. The van der Waals surface area contributed by atoms with Crippen LogP contribution in [0, 0.1) is 0 Å². The molecule has 29 heavy (non-hydrogen) atoms. The van der Waals surface area contributed by atoms with Crippen molar-refractivity contribution in [2.75, 3.05) is 5.32 Å². The highest BCUT2D eigenvalue weighted by Crippen LogP contribution is 2.26. The summed E-state index contributed by atoms with van der Waals surface area (Å²) in [5.74, 6) is -0.466. The lowest BCUT2D eigenvalue weighted by Gasteiger charge is -2.15. The number of nitrogens with one attached hydrogen (secondary N) is 2. The largest absolute Gasteiger partial charge is 0.329 e. The summed E-state index contributed by atoms with van der Waals surface area (Å²) >= 11 is 7.28. The summed E-state index contributed by atoms with van der Waals surface area (Å²) in [6.07, 6.45) is 3.59. The van der Waals surface area contributed by atoms with Crippen molar-refractivity contribution in [2.24, 2.45) is 7.05 Å². The molecule has 0 bridgehead atoms. The van der Waals surface area contributed by atoms with Gasteiger partial charge in [0.05, 0.1) is 10.9 Å². The van der Waals surface area contributed by atoms with E-state index in [9.17, 15) is 13.2 Å². The van der Waals surface area contributed by atoms with Gasteiger partial charge < -0.3 is 9.88 Å². The molecule has 3 aromatic rings. The summed E-state index contributed by atoms with van der Waals surface area (Å²) < 4.78 is 29.1. The molecule has 0 spiro atoms. The van der Waals surface area contributed by atoms with Gasteiger partial charge in [0.1, 0.15) is 0 Å². The fraction of sp³-hybridized carbons (Fsp3) is 0.158. The van der Waals surface area contributed by atoms with E-state index in [2.05, 4.69) is 15.0 Å². The first-order valence-corrected chi connectivity index (χ1v) is 11.3. The summed E-state index contributed by atoms with van der Waals surface area (Å²) in [5.41, 5.74) is 0.566. The number of imidazole rings is 1. The van der Waals surface area contributed by atoms with Crippen LogP contribution >= 0.6 is 23.4 Å². The minimum Gasteiger partial charge on any atom is -0.329 e. The van der Waals surface area contributed by atoms with E-state index in [1.54, 1.807) is 18.3 Å². The van der Waals surface area contributed by atoms with Gasteiger partial charge in [-0.25, -0.2) is 13.4 Å². The number of nitrogens with zero attached hydrogens (tertiary/aromatic N) is 2. The molecule has 3 rings (SSSR count). The van der Waals surface area contributed by atoms with Gasteiger partial charge in [-0.3, -0.25) is 4.79 Å². The number of benzene rings is 2. The first kappa shape index (κ1) is 21.4. The third-order valence-electron chi connectivity index (χ3n) is 3.96. The maximum absolute atomic E-state index is 12.4. The summed E-state index contributed by atoms with van der Waals surface area (Å²) in [4.78, 5) is 17.6. The van der Waals surface area contributed by atoms with Crippen LogP contribution in [0.2, 0.25) is 5.02 Å². The Hall–Kier alpha value is -2.33. The highest BCUT2D eigenvalue weighted by atomic mass is 35.5. The number of hydrogen-bond donors (Lipinski definition) is 2. The molecular formula is C19H19ClN4O3S2. The Morgan fingerprint density at radius 3 is 2.38 bits per heavy atom. The molecule has 0 fully saturated rings. The minimum absolute atomic E-state index is 0.0391. The molecule has 0 saturated carbocycles. The quantitative estimate of drug-likeness (QED) is 0.574. The highest BCUT2D eigenvalue weighted by Gasteiger charge is 2.22.